The average Bonchev–Trinajstić information content (AvgIpc) is 3.20. The lowest BCUT2D eigenvalue weighted by Crippen LogP contribution is -2.40. The Morgan fingerprint density at radius 2 is 1.88 bits per heavy atom. The van der Waals surface area contributed by atoms with Crippen LogP contribution < -0.4 is 0 Å². The van der Waals surface area contributed by atoms with Gasteiger partial charge in [0, 0.05) is 13.1 Å². The normalized spacial score (nSPS) is 21.0. The zero-order valence-electron chi connectivity index (χ0n) is 15.1. The van der Waals surface area contributed by atoms with E-state index in [1.165, 1.54) is 0 Å². The van der Waals surface area contributed by atoms with Gasteiger partial charge in [0.15, 0.2) is 0 Å². The van der Waals surface area contributed by atoms with Crippen LogP contribution in [0.4, 0.5) is 0 Å². The van der Waals surface area contributed by atoms with Crippen LogP contribution in [-0.4, -0.2) is 44.8 Å². The van der Waals surface area contributed by atoms with E-state index in [4.69, 9.17) is 0 Å². The monoisotopic (exact) mass is 353 g/mol. The number of benzene rings is 1. The first kappa shape index (κ1) is 16.8. The fraction of sp³-hybridized carbons (Fsp3) is 0.450. The van der Waals surface area contributed by atoms with Crippen LogP contribution in [0.2, 0.25) is 0 Å². The molecular weight excluding hydrogens is 330 g/mol. The number of carbonyl (C=O) groups is 2. The third-order valence-electron chi connectivity index (χ3n) is 6.12. The number of piperidine rings is 1. The Labute approximate surface area is 152 Å². The predicted octanol–water partition coefficient (Wildman–Crippen LogP) is 2.82. The van der Waals surface area contributed by atoms with E-state index >= 15 is 0 Å². The first-order valence-electron chi connectivity index (χ1n) is 9.06. The van der Waals surface area contributed by atoms with Crippen molar-refractivity contribution < 1.29 is 14.7 Å². The number of carboxylic acid groups (broad SMARTS) is 1. The SMILES string of the molecule is Cc1ccccc1-n1ncc(C(=O)N2CCC3(CC2)CC3C(=O)O)c1C. The fourth-order valence-corrected chi connectivity index (χ4v) is 4.24. The van der Waals surface area contributed by atoms with Gasteiger partial charge in [0.2, 0.25) is 0 Å². The van der Waals surface area contributed by atoms with Gasteiger partial charge in [-0.15, -0.1) is 0 Å². The summed E-state index contributed by atoms with van der Waals surface area (Å²) < 4.78 is 1.81. The highest BCUT2D eigenvalue weighted by Crippen LogP contribution is 2.59. The Morgan fingerprint density at radius 3 is 2.50 bits per heavy atom. The van der Waals surface area contributed by atoms with Gasteiger partial charge in [-0.2, -0.15) is 5.10 Å². The number of carboxylic acids is 1. The third-order valence-corrected chi connectivity index (χ3v) is 6.12. The van der Waals surface area contributed by atoms with Gasteiger partial charge in [-0.05, 0) is 50.2 Å². The molecule has 1 N–H and O–H groups in total. The summed E-state index contributed by atoms with van der Waals surface area (Å²) in [5.74, 6) is -0.921. The number of carbonyl (C=O) groups excluding carboxylic acids is 1. The first-order valence-corrected chi connectivity index (χ1v) is 9.06. The van der Waals surface area contributed by atoms with Crippen molar-refractivity contribution in [2.45, 2.75) is 33.1 Å². The molecule has 1 unspecified atom stereocenters. The minimum absolute atomic E-state index is 0.00953. The van der Waals surface area contributed by atoms with Crippen LogP contribution in [0, 0.1) is 25.2 Å². The second-order valence-corrected chi connectivity index (χ2v) is 7.59. The molecule has 1 aliphatic carbocycles. The fourth-order valence-electron chi connectivity index (χ4n) is 4.24. The second-order valence-electron chi connectivity index (χ2n) is 7.59. The number of hydrogen-bond acceptors (Lipinski definition) is 3. The maximum atomic E-state index is 13.0. The van der Waals surface area contributed by atoms with Crippen LogP contribution >= 0.6 is 0 Å². The second kappa shape index (κ2) is 5.97. The molecular formula is C20H23N3O3. The number of amides is 1. The van der Waals surface area contributed by atoms with E-state index in [0.717, 1.165) is 36.2 Å². The highest BCUT2D eigenvalue weighted by Gasteiger charge is 2.59. The molecule has 2 heterocycles. The molecule has 26 heavy (non-hydrogen) atoms. The van der Waals surface area contributed by atoms with Gasteiger partial charge < -0.3 is 10.0 Å². The lowest BCUT2D eigenvalue weighted by atomic mass is 9.90. The Hall–Kier alpha value is -2.63. The lowest BCUT2D eigenvalue weighted by Gasteiger charge is -2.32. The van der Waals surface area contributed by atoms with Gasteiger partial charge >= 0.3 is 5.97 Å². The molecule has 1 saturated carbocycles. The summed E-state index contributed by atoms with van der Waals surface area (Å²) in [6.45, 7) is 5.19. The quantitative estimate of drug-likeness (QED) is 0.921. The Bertz CT molecular complexity index is 878. The molecule has 0 radical (unpaired) electrons. The third kappa shape index (κ3) is 2.60. The van der Waals surface area contributed by atoms with Crippen molar-refractivity contribution in [3.8, 4) is 5.69 Å². The van der Waals surface area contributed by atoms with E-state index in [9.17, 15) is 14.7 Å². The minimum atomic E-state index is -0.694. The number of aryl methyl sites for hydroxylation is 1. The molecule has 1 aromatic carbocycles. The molecule has 136 valence electrons. The molecule has 1 aromatic heterocycles. The van der Waals surface area contributed by atoms with Crippen molar-refractivity contribution in [1.29, 1.82) is 0 Å². The molecule has 4 rings (SSSR count). The molecule has 1 saturated heterocycles. The van der Waals surface area contributed by atoms with Crippen LogP contribution in [0.15, 0.2) is 30.5 Å². The number of likely N-dealkylation sites (tertiary alicyclic amines) is 1. The summed E-state index contributed by atoms with van der Waals surface area (Å²) in [6.07, 6.45) is 3.96. The van der Waals surface area contributed by atoms with E-state index in [1.54, 1.807) is 6.20 Å². The summed E-state index contributed by atoms with van der Waals surface area (Å²) in [6, 6.07) is 7.96. The lowest BCUT2D eigenvalue weighted by molar-refractivity contribution is -0.139. The van der Waals surface area contributed by atoms with Gasteiger partial charge in [-0.1, -0.05) is 18.2 Å². The van der Waals surface area contributed by atoms with Crippen LogP contribution in [0.5, 0.6) is 0 Å². The molecule has 1 aliphatic heterocycles. The average molecular weight is 353 g/mol. The molecule has 2 fully saturated rings. The minimum Gasteiger partial charge on any atom is -0.481 e. The Balaban J connectivity index is 1.50. The Morgan fingerprint density at radius 1 is 1.19 bits per heavy atom. The van der Waals surface area contributed by atoms with Crippen LogP contribution in [0.3, 0.4) is 0 Å². The van der Waals surface area contributed by atoms with Crippen molar-refractivity contribution in [2.75, 3.05) is 13.1 Å². The summed E-state index contributed by atoms with van der Waals surface area (Å²) in [5, 5.41) is 13.6. The molecule has 2 aromatic rings. The van der Waals surface area contributed by atoms with Crippen molar-refractivity contribution in [3.05, 3.63) is 47.3 Å². The van der Waals surface area contributed by atoms with E-state index < -0.39 is 5.97 Å². The van der Waals surface area contributed by atoms with Crippen LogP contribution in [0.25, 0.3) is 5.69 Å². The highest BCUT2D eigenvalue weighted by molar-refractivity contribution is 5.95. The first-order chi connectivity index (χ1) is 12.4. The van der Waals surface area contributed by atoms with Gasteiger partial charge in [0.05, 0.1) is 29.1 Å². The molecule has 1 spiro atoms. The van der Waals surface area contributed by atoms with Crippen molar-refractivity contribution >= 4 is 11.9 Å². The van der Waals surface area contributed by atoms with Crippen LogP contribution in [-0.2, 0) is 4.79 Å². The summed E-state index contributed by atoms with van der Waals surface area (Å²) in [4.78, 5) is 26.0. The highest BCUT2D eigenvalue weighted by atomic mass is 16.4. The molecule has 1 atom stereocenters. The molecule has 6 heteroatoms. The van der Waals surface area contributed by atoms with Crippen molar-refractivity contribution in [2.24, 2.45) is 11.3 Å². The van der Waals surface area contributed by atoms with E-state index in [1.807, 2.05) is 47.7 Å². The van der Waals surface area contributed by atoms with Crippen LogP contribution in [0.1, 0.15) is 40.9 Å². The number of aromatic nitrogens is 2. The van der Waals surface area contributed by atoms with Gasteiger partial charge in [0.25, 0.3) is 5.91 Å². The number of rotatable bonds is 3. The molecule has 6 nitrogen and oxygen atoms in total. The number of para-hydroxylation sites is 1. The van der Waals surface area contributed by atoms with Crippen molar-refractivity contribution in [3.63, 3.8) is 0 Å². The number of hydrogen-bond donors (Lipinski definition) is 1. The summed E-state index contributed by atoms with van der Waals surface area (Å²) in [5.41, 5.74) is 3.47. The number of nitrogens with zero attached hydrogens (tertiary/aromatic N) is 3. The van der Waals surface area contributed by atoms with Gasteiger partial charge in [-0.3, -0.25) is 9.59 Å². The zero-order valence-corrected chi connectivity index (χ0v) is 15.1. The predicted molar refractivity (Wildman–Crippen MR) is 96.4 cm³/mol. The maximum Gasteiger partial charge on any atom is 0.307 e. The molecule has 2 aliphatic rings. The van der Waals surface area contributed by atoms with E-state index in [-0.39, 0.29) is 17.2 Å². The van der Waals surface area contributed by atoms with E-state index in [0.29, 0.717) is 18.7 Å². The smallest absolute Gasteiger partial charge is 0.307 e. The summed E-state index contributed by atoms with van der Waals surface area (Å²) >= 11 is 0. The molecule has 0 bridgehead atoms. The summed E-state index contributed by atoms with van der Waals surface area (Å²) in [7, 11) is 0. The standard InChI is InChI=1S/C20H23N3O3/c1-13-5-3-4-6-17(13)23-14(2)15(12-21-23)18(24)22-9-7-20(8-10-22)11-16(20)19(25)26/h3-6,12,16H,7-11H2,1-2H3,(H,25,26). The Kier molecular flexibility index (Phi) is 3.86. The number of aliphatic carboxylic acids is 1. The van der Waals surface area contributed by atoms with Gasteiger partial charge in [0.1, 0.15) is 0 Å². The molecule has 1 amide bonds. The topological polar surface area (TPSA) is 75.4 Å². The largest absolute Gasteiger partial charge is 0.481 e. The van der Waals surface area contributed by atoms with E-state index in [2.05, 4.69) is 5.10 Å². The van der Waals surface area contributed by atoms with Crippen molar-refractivity contribution in [1.82, 2.24) is 14.7 Å². The zero-order chi connectivity index (χ0) is 18.5. The maximum absolute atomic E-state index is 13.0. The van der Waals surface area contributed by atoms with Gasteiger partial charge in [-0.25, -0.2) is 4.68 Å².